The lowest BCUT2D eigenvalue weighted by Gasteiger charge is -2.17. The third-order valence-corrected chi connectivity index (χ3v) is 8.64. The average molecular weight is 548 g/mol. The maximum absolute atomic E-state index is 5.27. The second-order valence-electron chi connectivity index (χ2n) is 11.0. The maximum atomic E-state index is 5.27. The maximum Gasteiger partial charge on any atom is 0.0794 e. The molecule has 6 aromatic carbocycles. The molecule has 0 saturated carbocycles. The van der Waals surface area contributed by atoms with Crippen LogP contribution in [-0.4, -0.2) is 14.5 Å². The van der Waals surface area contributed by atoms with Crippen molar-refractivity contribution in [3.63, 3.8) is 0 Å². The van der Waals surface area contributed by atoms with E-state index in [1.807, 2.05) is 12.4 Å². The molecule has 200 valence electrons. The van der Waals surface area contributed by atoms with Crippen LogP contribution in [0.15, 0.2) is 152 Å². The number of pyridine rings is 2. The molecule has 0 N–H and O–H groups in total. The summed E-state index contributed by atoms with van der Waals surface area (Å²) in [4.78, 5) is 9.71. The molecule has 0 atom stereocenters. The van der Waals surface area contributed by atoms with Crippen molar-refractivity contribution in [2.45, 2.75) is 0 Å². The van der Waals surface area contributed by atoms with Gasteiger partial charge in [-0.1, -0.05) is 103 Å². The molecule has 0 spiro atoms. The molecule has 3 heteroatoms. The molecule has 3 nitrogen and oxygen atoms in total. The minimum absolute atomic E-state index is 0.996. The number of para-hydroxylation sites is 2. The lowest BCUT2D eigenvalue weighted by molar-refractivity contribution is 1.18. The average Bonchev–Trinajstić information content (AvgIpc) is 3.42. The Kier molecular flexibility index (Phi) is 5.20. The van der Waals surface area contributed by atoms with Crippen molar-refractivity contribution in [1.29, 1.82) is 0 Å². The van der Waals surface area contributed by atoms with Gasteiger partial charge < -0.3 is 4.57 Å². The first kappa shape index (κ1) is 23.9. The number of rotatable bonds is 3. The van der Waals surface area contributed by atoms with Gasteiger partial charge in [-0.3, -0.25) is 4.98 Å². The zero-order valence-electron chi connectivity index (χ0n) is 23.3. The summed E-state index contributed by atoms with van der Waals surface area (Å²) in [5.74, 6) is 0. The van der Waals surface area contributed by atoms with Crippen LogP contribution in [0.2, 0.25) is 0 Å². The van der Waals surface area contributed by atoms with E-state index in [9.17, 15) is 0 Å². The highest BCUT2D eigenvalue weighted by Crippen LogP contribution is 2.42. The molecule has 0 aliphatic heterocycles. The molecule has 0 aliphatic rings. The highest BCUT2D eigenvalue weighted by Gasteiger charge is 2.18. The van der Waals surface area contributed by atoms with E-state index in [1.165, 1.54) is 33.0 Å². The third kappa shape index (κ3) is 3.62. The predicted octanol–water partition coefficient (Wildman–Crippen LogP) is 10.4. The van der Waals surface area contributed by atoms with Crippen molar-refractivity contribution in [3.8, 4) is 27.9 Å². The van der Waals surface area contributed by atoms with E-state index in [1.54, 1.807) is 0 Å². The van der Waals surface area contributed by atoms with Crippen molar-refractivity contribution < 1.29 is 0 Å². The molecule has 0 amide bonds. The van der Waals surface area contributed by atoms with Gasteiger partial charge >= 0.3 is 0 Å². The number of hydrogen-bond acceptors (Lipinski definition) is 2. The topological polar surface area (TPSA) is 30.7 Å². The minimum atomic E-state index is 0.996. The van der Waals surface area contributed by atoms with E-state index in [0.29, 0.717) is 0 Å². The smallest absolute Gasteiger partial charge is 0.0794 e. The molecular formula is C40H25N3. The molecule has 0 unspecified atom stereocenters. The molecule has 3 heterocycles. The molecule has 0 fully saturated rings. The molecule has 0 bridgehead atoms. The van der Waals surface area contributed by atoms with Gasteiger partial charge in [-0.25, -0.2) is 4.98 Å². The molecule has 9 aromatic rings. The van der Waals surface area contributed by atoms with Crippen LogP contribution in [0.5, 0.6) is 0 Å². The Bertz CT molecular complexity index is 2450. The zero-order chi connectivity index (χ0) is 28.3. The van der Waals surface area contributed by atoms with Crippen LogP contribution in [0.25, 0.3) is 82.3 Å². The summed E-state index contributed by atoms with van der Waals surface area (Å²) in [5.41, 5.74) is 10.2. The van der Waals surface area contributed by atoms with Crippen LogP contribution in [0.4, 0.5) is 0 Å². The highest BCUT2D eigenvalue weighted by atomic mass is 15.0. The van der Waals surface area contributed by atoms with Gasteiger partial charge in [0, 0.05) is 50.6 Å². The number of fused-ring (bicyclic) bond motifs is 7. The summed E-state index contributed by atoms with van der Waals surface area (Å²) >= 11 is 0. The molecule has 43 heavy (non-hydrogen) atoms. The van der Waals surface area contributed by atoms with Gasteiger partial charge in [-0.2, -0.15) is 0 Å². The van der Waals surface area contributed by atoms with Crippen LogP contribution in [0.1, 0.15) is 0 Å². The molecular weight excluding hydrogens is 522 g/mol. The first-order chi connectivity index (χ1) is 21.3. The molecule has 0 radical (unpaired) electrons. The summed E-state index contributed by atoms with van der Waals surface area (Å²) in [7, 11) is 0. The summed E-state index contributed by atoms with van der Waals surface area (Å²) in [6, 6.07) is 49.8. The number of aromatic nitrogens is 3. The molecule has 0 saturated heterocycles. The van der Waals surface area contributed by atoms with Crippen molar-refractivity contribution in [2.75, 3.05) is 0 Å². The van der Waals surface area contributed by atoms with Gasteiger partial charge in [-0.05, 0) is 58.5 Å². The Hall–Kier alpha value is -5.80. The Balaban J connectivity index is 1.40. The highest BCUT2D eigenvalue weighted by molar-refractivity contribution is 6.20. The third-order valence-electron chi connectivity index (χ3n) is 8.64. The Morgan fingerprint density at radius 2 is 1.16 bits per heavy atom. The summed E-state index contributed by atoms with van der Waals surface area (Å²) in [6.07, 6.45) is 3.85. The van der Waals surface area contributed by atoms with E-state index in [-0.39, 0.29) is 0 Å². The fraction of sp³-hybridized carbons (Fsp3) is 0. The van der Waals surface area contributed by atoms with Crippen molar-refractivity contribution >= 4 is 54.4 Å². The fourth-order valence-corrected chi connectivity index (χ4v) is 6.78. The quantitative estimate of drug-likeness (QED) is 0.163. The molecule has 3 aromatic heterocycles. The Morgan fingerprint density at radius 1 is 0.465 bits per heavy atom. The normalized spacial score (nSPS) is 11.7. The van der Waals surface area contributed by atoms with E-state index in [4.69, 9.17) is 4.98 Å². The van der Waals surface area contributed by atoms with Crippen LogP contribution >= 0.6 is 0 Å². The van der Waals surface area contributed by atoms with Crippen LogP contribution in [0, 0.1) is 0 Å². The summed E-state index contributed by atoms with van der Waals surface area (Å²) in [5, 5.41) is 7.03. The Morgan fingerprint density at radius 3 is 2.05 bits per heavy atom. The SMILES string of the molecule is c1ccc(-c2cc3c(-c4cccc(-n5c6ccccc6c6cnccc65)c4)c4ccccc4nc3c3ccccc23)cc1. The number of nitrogens with zero attached hydrogens (tertiary/aromatic N) is 3. The second-order valence-corrected chi connectivity index (χ2v) is 11.0. The van der Waals surface area contributed by atoms with Gasteiger partial charge in [0.25, 0.3) is 0 Å². The largest absolute Gasteiger partial charge is 0.309 e. The minimum Gasteiger partial charge on any atom is -0.309 e. The van der Waals surface area contributed by atoms with Gasteiger partial charge in [0.05, 0.1) is 22.1 Å². The van der Waals surface area contributed by atoms with Gasteiger partial charge in [0.1, 0.15) is 0 Å². The van der Waals surface area contributed by atoms with E-state index >= 15 is 0 Å². The molecule has 0 aliphatic carbocycles. The lowest BCUT2D eigenvalue weighted by atomic mass is 9.90. The number of benzene rings is 6. The Labute approximate surface area is 248 Å². The van der Waals surface area contributed by atoms with Crippen molar-refractivity contribution in [3.05, 3.63) is 152 Å². The van der Waals surface area contributed by atoms with E-state index in [0.717, 1.165) is 49.3 Å². The number of hydrogen-bond donors (Lipinski definition) is 0. The predicted molar refractivity (Wildman–Crippen MR) is 180 cm³/mol. The van der Waals surface area contributed by atoms with Crippen molar-refractivity contribution in [1.82, 2.24) is 14.5 Å². The zero-order valence-corrected chi connectivity index (χ0v) is 23.3. The van der Waals surface area contributed by atoms with Crippen LogP contribution in [0.3, 0.4) is 0 Å². The molecule has 9 rings (SSSR count). The summed E-state index contributed by atoms with van der Waals surface area (Å²) in [6.45, 7) is 0. The van der Waals surface area contributed by atoms with Crippen LogP contribution < -0.4 is 0 Å². The monoisotopic (exact) mass is 547 g/mol. The first-order valence-electron chi connectivity index (χ1n) is 14.6. The lowest BCUT2D eigenvalue weighted by Crippen LogP contribution is -1.96. The van der Waals surface area contributed by atoms with Crippen LogP contribution in [-0.2, 0) is 0 Å². The second kappa shape index (κ2) is 9.37. The van der Waals surface area contributed by atoms with E-state index < -0.39 is 0 Å². The summed E-state index contributed by atoms with van der Waals surface area (Å²) < 4.78 is 2.35. The standard InChI is InChI=1S/C40H25N3/c1-2-11-26(12-3-1)33-24-34-39(32-18-6-8-19-36(32)42-40(34)31-17-5-4-15-29(31)33)27-13-10-14-28(23-27)43-37-20-9-7-16-30(37)35-25-41-22-21-38(35)43/h1-25H. The van der Waals surface area contributed by atoms with Gasteiger partial charge in [0.2, 0.25) is 0 Å². The first-order valence-corrected chi connectivity index (χ1v) is 14.6. The van der Waals surface area contributed by atoms with E-state index in [2.05, 4.69) is 149 Å². The van der Waals surface area contributed by atoms with Gasteiger partial charge in [-0.15, -0.1) is 0 Å². The van der Waals surface area contributed by atoms with Gasteiger partial charge in [0.15, 0.2) is 0 Å². The fourth-order valence-electron chi connectivity index (χ4n) is 6.78. The van der Waals surface area contributed by atoms with Crippen molar-refractivity contribution in [2.24, 2.45) is 0 Å².